The number of anilines is 1. The minimum absolute atomic E-state index is 0.0420. The highest BCUT2D eigenvalue weighted by Crippen LogP contribution is 2.46. The minimum Gasteiger partial charge on any atom is -0.477 e. The molecule has 1 saturated heterocycles. The molecule has 2 fully saturated rings. The normalized spacial score (nSPS) is 16.8. The van der Waals surface area contributed by atoms with Gasteiger partial charge in [0.2, 0.25) is 0 Å². The smallest absolute Gasteiger partial charge is 0.417 e. The van der Waals surface area contributed by atoms with E-state index in [2.05, 4.69) is 10.1 Å². The van der Waals surface area contributed by atoms with Crippen molar-refractivity contribution < 1.29 is 40.8 Å². The number of carboxylic acid groups (broad SMARTS) is 1. The molecule has 4 aromatic rings. The van der Waals surface area contributed by atoms with Gasteiger partial charge in [-0.3, -0.25) is 0 Å². The molecule has 0 spiro atoms. The summed E-state index contributed by atoms with van der Waals surface area (Å²) in [5, 5.41) is 13.1. The number of fused-ring (bicyclic) bond motifs is 1. The second-order valence-electron chi connectivity index (χ2n) is 10.9. The lowest BCUT2D eigenvalue weighted by Crippen LogP contribution is -2.33. The highest BCUT2D eigenvalue weighted by molar-refractivity contribution is 5.93. The SMILES string of the molecule is O=C(O)c1cc(C(F)(F)F)c2cc(N3CCC(/C=C/c4c(-c5ccccc5C(F)(F)F)noc4C4CC4)CC3)ccc2n1. The number of aromatic nitrogens is 2. The number of carbonyl (C=O) groups is 1. The summed E-state index contributed by atoms with van der Waals surface area (Å²) in [5.74, 6) is -0.762. The predicted octanol–water partition coefficient (Wildman–Crippen LogP) is 8.43. The summed E-state index contributed by atoms with van der Waals surface area (Å²) >= 11 is 0. The Kier molecular flexibility index (Phi) is 7.18. The molecule has 0 amide bonds. The van der Waals surface area contributed by atoms with Gasteiger partial charge < -0.3 is 14.5 Å². The first-order valence-electron chi connectivity index (χ1n) is 13.7. The Balaban J connectivity index is 1.23. The van der Waals surface area contributed by atoms with E-state index in [1.165, 1.54) is 30.3 Å². The highest BCUT2D eigenvalue weighted by Gasteiger charge is 2.37. The van der Waals surface area contributed by atoms with E-state index in [1.807, 2.05) is 11.0 Å². The first-order valence-corrected chi connectivity index (χ1v) is 13.7. The molecule has 6 nitrogen and oxygen atoms in total. The van der Waals surface area contributed by atoms with Crippen LogP contribution in [0.4, 0.5) is 32.0 Å². The summed E-state index contributed by atoms with van der Waals surface area (Å²) in [4.78, 5) is 17.1. The van der Waals surface area contributed by atoms with Crippen LogP contribution in [0.25, 0.3) is 28.2 Å². The first-order chi connectivity index (χ1) is 20.4. The summed E-state index contributed by atoms with van der Waals surface area (Å²) in [5.41, 5.74) is -1.36. The van der Waals surface area contributed by atoms with Crippen molar-refractivity contribution in [2.24, 2.45) is 5.92 Å². The van der Waals surface area contributed by atoms with Crippen LogP contribution in [0.2, 0.25) is 0 Å². The van der Waals surface area contributed by atoms with Gasteiger partial charge in [-0.2, -0.15) is 26.3 Å². The number of nitrogens with zero attached hydrogens (tertiary/aromatic N) is 3. The molecule has 224 valence electrons. The molecular formula is C31H25F6N3O3. The van der Waals surface area contributed by atoms with E-state index in [1.54, 1.807) is 12.1 Å². The zero-order valence-electron chi connectivity index (χ0n) is 22.5. The quantitative estimate of drug-likeness (QED) is 0.224. The molecule has 2 aliphatic rings. The molecule has 0 unspecified atom stereocenters. The maximum Gasteiger partial charge on any atom is 0.417 e. The van der Waals surface area contributed by atoms with Gasteiger partial charge in [0.05, 0.1) is 16.6 Å². The molecule has 1 N–H and O–H groups in total. The third-order valence-corrected chi connectivity index (χ3v) is 7.95. The average molecular weight is 602 g/mol. The van der Waals surface area contributed by atoms with Gasteiger partial charge in [-0.25, -0.2) is 9.78 Å². The summed E-state index contributed by atoms with van der Waals surface area (Å²) in [6.45, 7) is 1.07. The number of allylic oxidation sites excluding steroid dienone is 1. The Bertz CT molecular complexity index is 1710. The maximum atomic E-state index is 13.8. The zero-order chi connectivity index (χ0) is 30.5. The number of carboxylic acids is 1. The Labute approximate surface area is 241 Å². The molecular weight excluding hydrogens is 576 g/mol. The van der Waals surface area contributed by atoms with Crippen LogP contribution < -0.4 is 4.90 Å². The minimum atomic E-state index is -4.76. The van der Waals surface area contributed by atoms with Crippen LogP contribution in [0, 0.1) is 5.92 Å². The van der Waals surface area contributed by atoms with Crippen LogP contribution in [0.1, 0.15) is 64.5 Å². The fourth-order valence-corrected chi connectivity index (χ4v) is 5.58. The van der Waals surface area contributed by atoms with Crippen LogP contribution in [0.3, 0.4) is 0 Å². The van der Waals surface area contributed by atoms with Crippen molar-refractivity contribution in [3.05, 3.63) is 82.8 Å². The Morgan fingerprint density at radius 2 is 1.63 bits per heavy atom. The molecule has 2 aromatic carbocycles. The summed E-state index contributed by atoms with van der Waals surface area (Å²) in [6, 6.07) is 10.2. The van der Waals surface area contributed by atoms with Crippen molar-refractivity contribution in [3.8, 4) is 11.3 Å². The summed E-state index contributed by atoms with van der Waals surface area (Å²) in [6.07, 6.45) is -2.48. The number of alkyl halides is 6. The number of hydrogen-bond acceptors (Lipinski definition) is 5. The van der Waals surface area contributed by atoms with Crippen LogP contribution >= 0.6 is 0 Å². The van der Waals surface area contributed by atoms with Crippen LogP contribution in [-0.2, 0) is 12.4 Å². The van der Waals surface area contributed by atoms with Gasteiger partial charge in [-0.15, -0.1) is 0 Å². The fraction of sp³-hybridized carbons (Fsp3) is 0.323. The van der Waals surface area contributed by atoms with Gasteiger partial charge in [0.15, 0.2) is 0 Å². The van der Waals surface area contributed by atoms with E-state index in [0.717, 1.165) is 18.9 Å². The lowest BCUT2D eigenvalue weighted by Gasteiger charge is -2.32. The van der Waals surface area contributed by atoms with Crippen molar-refractivity contribution in [2.45, 2.75) is 44.0 Å². The van der Waals surface area contributed by atoms with Crippen LogP contribution in [0.15, 0.2) is 59.1 Å². The third kappa shape index (κ3) is 5.82. The van der Waals surface area contributed by atoms with Gasteiger partial charge in [0.1, 0.15) is 17.1 Å². The molecule has 3 heterocycles. The van der Waals surface area contributed by atoms with Gasteiger partial charge in [0.25, 0.3) is 0 Å². The molecule has 2 aromatic heterocycles. The largest absolute Gasteiger partial charge is 0.477 e. The zero-order valence-corrected chi connectivity index (χ0v) is 22.5. The van der Waals surface area contributed by atoms with Gasteiger partial charge in [-0.1, -0.05) is 35.5 Å². The second kappa shape index (κ2) is 10.7. The number of piperidine rings is 1. The Morgan fingerprint density at radius 1 is 0.930 bits per heavy atom. The van der Waals surface area contributed by atoms with Crippen molar-refractivity contribution in [3.63, 3.8) is 0 Å². The molecule has 0 bridgehead atoms. The standard InChI is InChI=1S/C31H25F6N3O3/c32-30(33,34)23-4-2-1-3-20(23)27-21(28(43-39-27)18-6-7-18)9-5-17-11-13-40(14-12-17)19-8-10-25-22(15-19)24(31(35,36)37)16-26(38-25)29(41)42/h1-5,8-10,15-18H,6-7,11-14H2,(H,41,42)/b9-5+. The van der Waals surface area contributed by atoms with Crippen LogP contribution in [0.5, 0.6) is 0 Å². The maximum absolute atomic E-state index is 13.8. The number of aromatic carboxylic acids is 1. The number of halogens is 6. The second-order valence-corrected chi connectivity index (χ2v) is 10.9. The molecule has 0 radical (unpaired) electrons. The van der Waals surface area contributed by atoms with E-state index < -0.39 is 35.1 Å². The van der Waals surface area contributed by atoms with E-state index in [9.17, 15) is 36.2 Å². The molecule has 1 aliphatic heterocycles. The van der Waals surface area contributed by atoms with Crippen molar-refractivity contribution in [2.75, 3.05) is 18.0 Å². The fourth-order valence-electron chi connectivity index (χ4n) is 5.58. The molecule has 43 heavy (non-hydrogen) atoms. The third-order valence-electron chi connectivity index (χ3n) is 7.95. The average Bonchev–Trinajstić information content (AvgIpc) is 3.73. The lowest BCUT2D eigenvalue weighted by atomic mass is 9.93. The van der Waals surface area contributed by atoms with Crippen molar-refractivity contribution >= 4 is 28.6 Å². The number of pyridine rings is 1. The number of benzene rings is 2. The van der Waals surface area contributed by atoms with Crippen molar-refractivity contribution in [1.82, 2.24) is 10.1 Å². The van der Waals surface area contributed by atoms with E-state index in [-0.39, 0.29) is 34.0 Å². The highest BCUT2D eigenvalue weighted by atomic mass is 19.4. The topological polar surface area (TPSA) is 79.5 Å². The Morgan fingerprint density at radius 3 is 2.28 bits per heavy atom. The summed E-state index contributed by atoms with van der Waals surface area (Å²) in [7, 11) is 0. The molecule has 12 heteroatoms. The number of hydrogen-bond donors (Lipinski definition) is 1. The Hall–Kier alpha value is -4.35. The van der Waals surface area contributed by atoms with E-state index in [4.69, 9.17) is 4.52 Å². The van der Waals surface area contributed by atoms with Gasteiger partial charge >= 0.3 is 18.3 Å². The monoisotopic (exact) mass is 601 g/mol. The first kappa shape index (κ1) is 28.8. The molecule has 6 rings (SSSR count). The molecule has 1 aliphatic carbocycles. The van der Waals surface area contributed by atoms with E-state index in [0.29, 0.717) is 49.0 Å². The van der Waals surface area contributed by atoms with Crippen molar-refractivity contribution in [1.29, 1.82) is 0 Å². The number of rotatable bonds is 6. The van der Waals surface area contributed by atoms with Gasteiger partial charge in [-0.05, 0) is 61.9 Å². The predicted molar refractivity (Wildman–Crippen MR) is 147 cm³/mol. The van der Waals surface area contributed by atoms with Crippen LogP contribution in [-0.4, -0.2) is 34.3 Å². The van der Waals surface area contributed by atoms with Gasteiger partial charge in [0, 0.05) is 41.2 Å². The molecule has 1 saturated carbocycles. The summed E-state index contributed by atoms with van der Waals surface area (Å²) < 4.78 is 88.1. The molecule has 0 atom stereocenters. The van der Waals surface area contributed by atoms with E-state index >= 15 is 0 Å². The lowest BCUT2D eigenvalue weighted by molar-refractivity contribution is -0.137.